The van der Waals surface area contributed by atoms with E-state index in [0.29, 0.717) is 21.9 Å². The predicted molar refractivity (Wildman–Crippen MR) is 88.2 cm³/mol. The third kappa shape index (κ3) is 3.45. The van der Waals surface area contributed by atoms with E-state index >= 15 is 0 Å². The first-order chi connectivity index (χ1) is 11.0. The minimum Gasteiger partial charge on any atom is -0.299 e. The fourth-order valence-corrected chi connectivity index (χ4v) is 4.13. The van der Waals surface area contributed by atoms with Gasteiger partial charge in [0.05, 0.1) is 0 Å². The lowest BCUT2D eigenvalue weighted by Gasteiger charge is -2.17. The van der Waals surface area contributed by atoms with Crippen LogP contribution in [0.1, 0.15) is 43.0 Å². The Labute approximate surface area is 138 Å². The summed E-state index contributed by atoms with van der Waals surface area (Å²) >= 11 is 1.32. The fraction of sp³-hybridized carbons (Fsp3) is 0.444. The van der Waals surface area contributed by atoms with E-state index in [0.717, 1.165) is 31.5 Å². The molecule has 3 rings (SSSR count). The number of hydrogen-bond donors (Lipinski definition) is 0. The van der Waals surface area contributed by atoms with E-state index in [4.69, 9.17) is 0 Å². The second-order valence-corrected chi connectivity index (χ2v) is 7.47. The normalized spacial score (nSPS) is 15.7. The Bertz CT molecular complexity index is 703. The molecule has 1 aliphatic rings. The zero-order valence-corrected chi connectivity index (χ0v) is 14.2. The molecule has 0 unspecified atom stereocenters. The third-order valence-electron chi connectivity index (χ3n) is 4.24. The maximum Gasteiger partial charge on any atom is 0.159 e. The summed E-state index contributed by atoms with van der Waals surface area (Å²) in [6, 6.07) is 3.91. The van der Waals surface area contributed by atoms with Crippen molar-refractivity contribution in [3.63, 3.8) is 0 Å². The van der Waals surface area contributed by atoms with Crippen molar-refractivity contribution >= 4 is 11.3 Å². The third-order valence-corrected chi connectivity index (χ3v) is 5.69. The number of hydrogen-bond acceptors (Lipinski definition) is 2. The molecule has 1 saturated heterocycles. The standard InChI is InChI=1S/C18H20F3NS/c1-11(2)18-16(21)9-17(23-18)13-8-15(20)14(19)7-12(13)10-22-5-3-4-6-22/h7-9,11H,3-6,10H2,1-2H3. The largest absolute Gasteiger partial charge is 0.299 e. The summed E-state index contributed by atoms with van der Waals surface area (Å²) in [5, 5.41) is 0. The molecule has 0 radical (unpaired) electrons. The van der Waals surface area contributed by atoms with Gasteiger partial charge >= 0.3 is 0 Å². The maximum absolute atomic E-state index is 14.1. The lowest BCUT2D eigenvalue weighted by molar-refractivity contribution is 0.331. The number of benzene rings is 1. The number of halogens is 3. The topological polar surface area (TPSA) is 3.24 Å². The van der Waals surface area contributed by atoms with Crippen LogP contribution in [-0.2, 0) is 6.54 Å². The minimum atomic E-state index is -0.884. The van der Waals surface area contributed by atoms with Gasteiger partial charge in [0.25, 0.3) is 0 Å². The zero-order chi connectivity index (χ0) is 16.6. The van der Waals surface area contributed by atoms with Gasteiger partial charge in [-0.05, 0) is 61.2 Å². The average molecular weight is 339 g/mol. The highest BCUT2D eigenvalue weighted by molar-refractivity contribution is 7.15. The molecule has 1 aromatic carbocycles. The van der Waals surface area contributed by atoms with Gasteiger partial charge in [-0.2, -0.15) is 0 Å². The van der Waals surface area contributed by atoms with Crippen LogP contribution in [0.25, 0.3) is 10.4 Å². The van der Waals surface area contributed by atoms with Gasteiger partial charge in [0, 0.05) is 16.3 Å². The van der Waals surface area contributed by atoms with E-state index in [1.165, 1.54) is 29.5 Å². The molecule has 0 spiro atoms. The maximum atomic E-state index is 14.1. The Morgan fingerprint density at radius 3 is 2.26 bits per heavy atom. The molecular formula is C18H20F3NS. The molecule has 0 bridgehead atoms. The van der Waals surface area contributed by atoms with Crippen LogP contribution in [0.5, 0.6) is 0 Å². The fourth-order valence-electron chi connectivity index (χ4n) is 3.04. The Balaban J connectivity index is 2.02. The zero-order valence-electron chi connectivity index (χ0n) is 13.3. The second-order valence-electron chi connectivity index (χ2n) is 6.38. The van der Waals surface area contributed by atoms with Crippen molar-refractivity contribution in [1.82, 2.24) is 4.90 Å². The van der Waals surface area contributed by atoms with Crippen LogP contribution in [0.4, 0.5) is 13.2 Å². The van der Waals surface area contributed by atoms with Gasteiger partial charge in [-0.15, -0.1) is 11.3 Å². The molecule has 124 valence electrons. The van der Waals surface area contributed by atoms with Crippen molar-refractivity contribution in [2.24, 2.45) is 0 Å². The van der Waals surface area contributed by atoms with E-state index in [1.54, 1.807) is 0 Å². The monoisotopic (exact) mass is 339 g/mol. The number of thiophene rings is 1. The van der Waals surface area contributed by atoms with Crippen LogP contribution in [0.3, 0.4) is 0 Å². The van der Waals surface area contributed by atoms with Gasteiger partial charge in [-0.3, -0.25) is 4.90 Å². The summed E-state index contributed by atoms with van der Waals surface area (Å²) in [7, 11) is 0. The Hall–Kier alpha value is -1.33. The molecule has 0 N–H and O–H groups in total. The van der Waals surface area contributed by atoms with Crippen LogP contribution in [-0.4, -0.2) is 18.0 Å². The molecular weight excluding hydrogens is 319 g/mol. The smallest absolute Gasteiger partial charge is 0.159 e. The van der Waals surface area contributed by atoms with Gasteiger partial charge in [0.1, 0.15) is 5.82 Å². The minimum absolute atomic E-state index is 0.0704. The van der Waals surface area contributed by atoms with Crippen molar-refractivity contribution in [3.05, 3.63) is 46.1 Å². The first-order valence-corrected chi connectivity index (χ1v) is 8.77. The van der Waals surface area contributed by atoms with Crippen molar-refractivity contribution < 1.29 is 13.2 Å². The lowest BCUT2D eigenvalue weighted by atomic mass is 10.0. The van der Waals surface area contributed by atoms with Gasteiger partial charge < -0.3 is 0 Å². The summed E-state index contributed by atoms with van der Waals surface area (Å²) in [6.07, 6.45) is 2.26. The molecule has 5 heteroatoms. The predicted octanol–water partition coefficient (Wildman–Crippen LogP) is 5.55. The van der Waals surface area contributed by atoms with Crippen molar-refractivity contribution in [2.75, 3.05) is 13.1 Å². The van der Waals surface area contributed by atoms with Crippen LogP contribution < -0.4 is 0 Å². The molecule has 1 fully saturated rings. The molecule has 0 amide bonds. The average Bonchev–Trinajstić information content (AvgIpc) is 3.12. The molecule has 1 aliphatic heterocycles. The van der Waals surface area contributed by atoms with Crippen molar-refractivity contribution in [3.8, 4) is 10.4 Å². The number of rotatable bonds is 4. The van der Waals surface area contributed by atoms with E-state index in [9.17, 15) is 13.2 Å². The van der Waals surface area contributed by atoms with E-state index in [1.807, 2.05) is 13.8 Å². The molecule has 2 heterocycles. The summed E-state index contributed by atoms with van der Waals surface area (Å²) in [6.45, 7) is 6.36. The highest BCUT2D eigenvalue weighted by atomic mass is 32.1. The van der Waals surface area contributed by atoms with E-state index in [-0.39, 0.29) is 11.7 Å². The summed E-state index contributed by atoms with van der Waals surface area (Å²) < 4.78 is 41.5. The van der Waals surface area contributed by atoms with E-state index < -0.39 is 11.6 Å². The van der Waals surface area contributed by atoms with Crippen LogP contribution in [0.15, 0.2) is 18.2 Å². The first-order valence-electron chi connectivity index (χ1n) is 7.95. The van der Waals surface area contributed by atoms with Crippen LogP contribution in [0, 0.1) is 17.5 Å². The Kier molecular flexibility index (Phi) is 4.78. The second kappa shape index (κ2) is 6.65. The van der Waals surface area contributed by atoms with Gasteiger partial charge in [-0.1, -0.05) is 13.8 Å². The molecule has 0 atom stereocenters. The summed E-state index contributed by atoms with van der Waals surface area (Å²) in [4.78, 5) is 3.54. The summed E-state index contributed by atoms with van der Waals surface area (Å²) in [5.41, 5.74) is 1.33. The SMILES string of the molecule is CC(C)c1sc(-c2cc(F)c(F)cc2CN2CCCC2)cc1F. The highest BCUT2D eigenvalue weighted by Crippen LogP contribution is 2.37. The number of likely N-dealkylation sites (tertiary alicyclic amines) is 1. The Morgan fingerprint density at radius 2 is 1.65 bits per heavy atom. The molecule has 0 aliphatic carbocycles. The number of nitrogens with zero attached hydrogens (tertiary/aromatic N) is 1. The first kappa shape index (κ1) is 16.5. The van der Waals surface area contributed by atoms with Gasteiger partial charge in [0.15, 0.2) is 11.6 Å². The summed E-state index contributed by atoms with van der Waals surface area (Å²) in [5.74, 6) is -1.92. The molecule has 1 nitrogen and oxygen atoms in total. The Morgan fingerprint density at radius 1 is 1.00 bits per heavy atom. The molecule has 0 saturated carbocycles. The van der Waals surface area contributed by atoms with E-state index in [2.05, 4.69) is 4.90 Å². The van der Waals surface area contributed by atoms with Gasteiger partial charge in [0.2, 0.25) is 0 Å². The molecule has 23 heavy (non-hydrogen) atoms. The molecule has 2 aromatic rings. The van der Waals surface area contributed by atoms with Crippen molar-refractivity contribution in [1.29, 1.82) is 0 Å². The van der Waals surface area contributed by atoms with Crippen molar-refractivity contribution in [2.45, 2.75) is 39.2 Å². The quantitative estimate of drug-likeness (QED) is 0.706. The lowest BCUT2D eigenvalue weighted by Crippen LogP contribution is -2.19. The van der Waals surface area contributed by atoms with Crippen LogP contribution >= 0.6 is 11.3 Å². The highest BCUT2D eigenvalue weighted by Gasteiger charge is 2.20. The van der Waals surface area contributed by atoms with Crippen LogP contribution in [0.2, 0.25) is 0 Å². The molecule has 1 aromatic heterocycles. The van der Waals surface area contributed by atoms with Gasteiger partial charge in [-0.25, -0.2) is 13.2 Å².